The number of carboxylic acid groups (broad SMARTS) is 1. The van der Waals surface area contributed by atoms with E-state index in [1.165, 1.54) is 0 Å². The average molecular weight is 429 g/mol. The van der Waals surface area contributed by atoms with Crippen LogP contribution in [-0.4, -0.2) is 50.2 Å². The average Bonchev–Trinajstić information content (AvgIpc) is 3.04. The first-order chi connectivity index (χ1) is 14.3. The van der Waals surface area contributed by atoms with Gasteiger partial charge in [-0.3, -0.25) is 4.79 Å². The van der Waals surface area contributed by atoms with Crippen LogP contribution in [0.15, 0.2) is 48.5 Å². The predicted molar refractivity (Wildman–Crippen MR) is 111 cm³/mol. The fraction of sp³-hybridized carbons (Fsp3) is 0.364. The van der Waals surface area contributed by atoms with E-state index in [9.17, 15) is 23.1 Å². The van der Waals surface area contributed by atoms with Gasteiger partial charge in [0.05, 0.1) is 16.9 Å². The lowest BCUT2D eigenvalue weighted by atomic mass is 9.85. The molecule has 1 saturated heterocycles. The number of nitrogens with one attached hydrogen (secondary N) is 1. The van der Waals surface area contributed by atoms with E-state index >= 15 is 0 Å². The normalized spacial score (nSPS) is 22.0. The summed E-state index contributed by atoms with van der Waals surface area (Å²) in [6.07, 6.45) is -0.285. The van der Waals surface area contributed by atoms with Crippen LogP contribution in [0.2, 0.25) is 0 Å². The molecule has 1 aliphatic heterocycles. The molecule has 2 N–H and O–H groups in total. The molecule has 1 amide bonds. The van der Waals surface area contributed by atoms with Gasteiger partial charge in [0.25, 0.3) is 0 Å². The van der Waals surface area contributed by atoms with E-state index < -0.39 is 33.1 Å². The first kappa shape index (κ1) is 20.4. The number of aliphatic carboxylic acids is 1. The predicted octanol–water partition coefficient (Wildman–Crippen LogP) is 2.80. The standard InChI is InChI=1S/C22H23NO6S/c24-20(25)22(10-5-11-30(27,28)14-22)13-23-21(26)29-12-19-17-8-3-1-6-15(17)16-7-2-4-9-18(16)19/h1-4,6-9,19H,5,10-14H2,(H,23,26)(H,24,25). The number of carbonyl (C=O) groups is 2. The van der Waals surface area contributed by atoms with Gasteiger partial charge < -0.3 is 15.2 Å². The molecule has 1 unspecified atom stereocenters. The van der Waals surface area contributed by atoms with Gasteiger partial charge in [-0.2, -0.15) is 0 Å². The van der Waals surface area contributed by atoms with Gasteiger partial charge >= 0.3 is 12.1 Å². The van der Waals surface area contributed by atoms with Crippen molar-refractivity contribution >= 4 is 21.9 Å². The molecule has 1 fully saturated rings. The van der Waals surface area contributed by atoms with Gasteiger partial charge in [0.15, 0.2) is 9.84 Å². The summed E-state index contributed by atoms with van der Waals surface area (Å²) in [5.41, 5.74) is 2.86. The Morgan fingerprint density at radius 1 is 1.07 bits per heavy atom. The summed E-state index contributed by atoms with van der Waals surface area (Å²) >= 11 is 0. The lowest BCUT2D eigenvalue weighted by Gasteiger charge is -2.32. The molecule has 0 aromatic heterocycles. The van der Waals surface area contributed by atoms with Gasteiger partial charge in [-0.15, -0.1) is 0 Å². The fourth-order valence-electron chi connectivity index (χ4n) is 4.47. The highest BCUT2D eigenvalue weighted by Gasteiger charge is 2.45. The smallest absolute Gasteiger partial charge is 0.407 e. The van der Waals surface area contributed by atoms with Crippen molar-refractivity contribution in [2.24, 2.45) is 5.41 Å². The molecule has 30 heavy (non-hydrogen) atoms. The van der Waals surface area contributed by atoms with Crippen molar-refractivity contribution in [1.82, 2.24) is 5.32 Å². The minimum atomic E-state index is -3.45. The van der Waals surface area contributed by atoms with Gasteiger partial charge in [0, 0.05) is 12.5 Å². The highest BCUT2D eigenvalue weighted by Crippen LogP contribution is 2.44. The molecule has 2 aliphatic rings. The van der Waals surface area contributed by atoms with Crippen LogP contribution in [0, 0.1) is 5.41 Å². The number of fused-ring (bicyclic) bond motifs is 3. The van der Waals surface area contributed by atoms with Crippen molar-refractivity contribution < 1.29 is 27.9 Å². The second-order valence-corrected chi connectivity index (χ2v) is 10.1. The van der Waals surface area contributed by atoms with Gasteiger partial charge in [-0.05, 0) is 35.1 Å². The number of carbonyl (C=O) groups excluding carboxylic acids is 1. The Morgan fingerprint density at radius 3 is 2.23 bits per heavy atom. The number of carboxylic acids is 1. The van der Waals surface area contributed by atoms with E-state index in [0.29, 0.717) is 0 Å². The maximum atomic E-state index is 12.3. The molecule has 8 heteroatoms. The summed E-state index contributed by atoms with van der Waals surface area (Å²) in [5.74, 6) is -1.82. The van der Waals surface area contributed by atoms with Crippen LogP contribution in [0.25, 0.3) is 11.1 Å². The van der Waals surface area contributed by atoms with Crippen LogP contribution in [0.4, 0.5) is 4.79 Å². The van der Waals surface area contributed by atoms with Crippen LogP contribution >= 0.6 is 0 Å². The Kier molecular flexibility index (Phi) is 5.27. The van der Waals surface area contributed by atoms with E-state index in [1.807, 2.05) is 48.5 Å². The molecule has 2 aromatic carbocycles. The van der Waals surface area contributed by atoms with E-state index in [0.717, 1.165) is 22.3 Å². The number of amides is 1. The molecule has 0 saturated carbocycles. The molecule has 1 aliphatic carbocycles. The zero-order valence-electron chi connectivity index (χ0n) is 16.3. The topological polar surface area (TPSA) is 110 Å². The van der Waals surface area contributed by atoms with Crippen molar-refractivity contribution in [2.75, 3.05) is 24.7 Å². The van der Waals surface area contributed by atoms with Gasteiger partial charge in [-0.25, -0.2) is 13.2 Å². The highest BCUT2D eigenvalue weighted by atomic mass is 32.2. The number of ether oxygens (including phenoxy) is 1. The van der Waals surface area contributed by atoms with Crippen molar-refractivity contribution in [3.63, 3.8) is 0 Å². The third-order valence-electron chi connectivity index (χ3n) is 5.98. The molecule has 158 valence electrons. The van der Waals surface area contributed by atoms with Crippen molar-refractivity contribution in [1.29, 1.82) is 0 Å². The zero-order valence-corrected chi connectivity index (χ0v) is 17.2. The van der Waals surface area contributed by atoms with Crippen molar-refractivity contribution in [2.45, 2.75) is 18.8 Å². The summed E-state index contributed by atoms with van der Waals surface area (Å²) in [5, 5.41) is 12.1. The Labute approximate surface area is 175 Å². The maximum absolute atomic E-state index is 12.3. The molecule has 2 aromatic rings. The summed E-state index contributed by atoms with van der Waals surface area (Å²) in [6, 6.07) is 15.9. The molecule has 1 heterocycles. The third kappa shape index (κ3) is 3.79. The molecule has 0 bridgehead atoms. The van der Waals surface area contributed by atoms with Crippen LogP contribution in [0.1, 0.15) is 29.9 Å². The third-order valence-corrected chi connectivity index (χ3v) is 7.88. The van der Waals surface area contributed by atoms with Gasteiger partial charge in [0.2, 0.25) is 0 Å². The van der Waals surface area contributed by atoms with E-state index in [1.54, 1.807) is 0 Å². The Hall–Kier alpha value is -2.87. The van der Waals surface area contributed by atoms with E-state index in [2.05, 4.69) is 5.32 Å². The summed E-state index contributed by atoms with van der Waals surface area (Å²) in [4.78, 5) is 24.1. The second-order valence-electron chi connectivity index (χ2n) is 7.96. The SMILES string of the molecule is O=C(NCC1(C(=O)O)CCCS(=O)(=O)C1)OCC1c2ccccc2-c2ccccc21. The summed E-state index contributed by atoms with van der Waals surface area (Å²) in [7, 11) is -3.45. The molecular formula is C22H23NO6S. The fourth-order valence-corrected chi connectivity index (χ4v) is 6.41. The van der Waals surface area contributed by atoms with Crippen LogP contribution in [-0.2, 0) is 19.4 Å². The highest BCUT2D eigenvalue weighted by molar-refractivity contribution is 7.91. The minimum absolute atomic E-state index is 0.0209. The van der Waals surface area contributed by atoms with Crippen molar-refractivity contribution in [3.05, 3.63) is 59.7 Å². The molecule has 1 atom stereocenters. The number of hydrogen-bond donors (Lipinski definition) is 2. The maximum Gasteiger partial charge on any atom is 0.407 e. The van der Waals surface area contributed by atoms with Crippen molar-refractivity contribution in [3.8, 4) is 11.1 Å². The zero-order chi connectivity index (χ0) is 21.4. The summed E-state index contributed by atoms with van der Waals surface area (Å²) < 4.78 is 29.3. The Morgan fingerprint density at radius 2 is 1.67 bits per heavy atom. The molecule has 7 nitrogen and oxygen atoms in total. The Balaban J connectivity index is 1.43. The number of alkyl carbamates (subject to hydrolysis) is 1. The van der Waals surface area contributed by atoms with E-state index in [4.69, 9.17) is 4.74 Å². The van der Waals surface area contributed by atoms with Gasteiger partial charge in [0.1, 0.15) is 6.61 Å². The number of sulfone groups is 1. The molecule has 0 radical (unpaired) electrons. The first-order valence-corrected chi connectivity index (χ1v) is 11.7. The molecule has 0 spiro atoms. The largest absolute Gasteiger partial charge is 0.481 e. The quantitative estimate of drug-likeness (QED) is 0.756. The minimum Gasteiger partial charge on any atom is -0.481 e. The molecular weight excluding hydrogens is 406 g/mol. The van der Waals surface area contributed by atoms with Crippen LogP contribution in [0.5, 0.6) is 0 Å². The summed E-state index contributed by atoms with van der Waals surface area (Å²) in [6.45, 7) is -0.170. The number of hydrogen-bond acceptors (Lipinski definition) is 5. The monoisotopic (exact) mass is 429 g/mol. The number of rotatable bonds is 5. The van der Waals surface area contributed by atoms with Crippen LogP contribution < -0.4 is 5.32 Å². The Bertz CT molecular complexity index is 1050. The molecule has 4 rings (SSSR count). The number of benzene rings is 2. The van der Waals surface area contributed by atoms with Gasteiger partial charge in [-0.1, -0.05) is 48.5 Å². The van der Waals surface area contributed by atoms with E-state index in [-0.39, 0.29) is 37.7 Å². The lowest BCUT2D eigenvalue weighted by Crippen LogP contribution is -2.50. The van der Waals surface area contributed by atoms with Crippen LogP contribution in [0.3, 0.4) is 0 Å². The second kappa shape index (κ2) is 7.75. The first-order valence-electron chi connectivity index (χ1n) is 9.84. The lowest BCUT2D eigenvalue weighted by molar-refractivity contribution is -0.147.